The summed E-state index contributed by atoms with van der Waals surface area (Å²) in [5, 5.41) is 3.54. The van der Waals surface area contributed by atoms with E-state index in [9.17, 15) is 9.59 Å². The van der Waals surface area contributed by atoms with Crippen molar-refractivity contribution >= 4 is 34.1 Å². The molecule has 0 bridgehead atoms. The minimum atomic E-state index is -0.0289. The third kappa shape index (κ3) is 3.66. The number of allylic oxidation sites excluding steroid dienone is 1. The number of hydrogen-bond acceptors (Lipinski definition) is 4. The number of rotatable bonds is 4. The molecule has 3 aromatic rings. The Kier molecular flexibility index (Phi) is 4.93. The third-order valence-electron chi connectivity index (χ3n) is 5.84. The van der Waals surface area contributed by atoms with Gasteiger partial charge >= 0.3 is 0 Å². The summed E-state index contributed by atoms with van der Waals surface area (Å²) in [5.41, 5.74) is 3.42. The van der Waals surface area contributed by atoms with Gasteiger partial charge in [0.25, 0.3) is 5.56 Å². The lowest BCUT2D eigenvalue weighted by molar-refractivity contribution is -0.117. The predicted molar refractivity (Wildman–Crippen MR) is 119 cm³/mol. The molecule has 1 fully saturated rings. The topological polar surface area (TPSA) is 67.2 Å². The van der Waals surface area contributed by atoms with Gasteiger partial charge in [0.2, 0.25) is 5.91 Å². The van der Waals surface area contributed by atoms with Gasteiger partial charge < -0.3 is 5.32 Å². The maximum atomic E-state index is 13.0. The largest absolute Gasteiger partial charge is 0.325 e. The molecule has 6 heteroatoms. The number of anilines is 1. The molecule has 3 heterocycles. The lowest BCUT2D eigenvalue weighted by Crippen LogP contribution is -2.30. The molecule has 1 aromatic heterocycles. The first-order chi connectivity index (χ1) is 14.7. The van der Waals surface area contributed by atoms with E-state index in [0.717, 1.165) is 49.3 Å². The fourth-order valence-corrected chi connectivity index (χ4v) is 4.33. The van der Waals surface area contributed by atoms with Crippen LogP contribution in [-0.2, 0) is 11.3 Å². The Morgan fingerprint density at radius 2 is 1.87 bits per heavy atom. The first kappa shape index (κ1) is 18.8. The molecule has 0 atom stereocenters. The van der Waals surface area contributed by atoms with Gasteiger partial charge in [-0.1, -0.05) is 30.3 Å². The molecule has 0 aliphatic carbocycles. The molecule has 0 radical (unpaired) electrons. The maximum Gasteiger partial charge on any atom is 0.261 e. The summed E-state index contributed by atoms with van der Waals surface area (Å²) in [6, 6.07) is 15.4. The Labute approximate surface area is 174 Å². The van der Waals surface area contributed by atoms with E-state index in [1.54, 1.807) is 22.8 Å². The van der Waals surface area contributed by atoms with Gasteiger partial charge in [0.15, 0.2) is 0 Å². The molecule has 30 heavy (non-hydrogen) atoms. The lowest BCUT2D eigenvalue weighted by Gasteiger charge is -2.14. The van der Waals surface area contributed by atoms with E-state index < -0.39 is 0 Å². The molecule has 0 saturated carbocycles. The highest BCUT2D eigenvalue weighted by molar-refractivity contribution is 5.95. The number of amides is 1. The molecular weight excluding hydrogens is 376 g/mol. The Morgan fingerprint density at radius 3 is 2.67 bits per heavy atom. The van der Waals surface area contributed by atoms with E-state index in [2.05, 4.69) is 16.3 Å². The third-order valence-corrected chi connectivity index (χ3v) is 5.84. The zero-order chi connectivity index (χ0) is 20.5. The highest BCUT2D eigenvalue weighted by atomic mass is 16.2. The van der Waals surface area contributed by atoms with Gasteiger partial charge in [0, 0.05) is 12.2 Å². The van der Waals surface area contributed by atoms with E-state index in [1.807, 2.05) is 30.3 Å². The van der Waals surface area contributed by atoms with Crippen molar-refractivity contribution < 1.29 is 4.79 Å². The number of aromatic nitrogens is 2. The quantitative estimate of drug-likeness (QED) is 0.729. The molecule has 2 aromatic carbocycles. The second-order valence-corrected chi connectivity index (χ2v) is 7.99. The fraction of sp³-hybridized carbons (Fsp3) is 0.292. The first-order valence-electron chi connectivity index (χ1n) is 10.5. The minimum Gasteiger partial charge on any atom is -0.325 e. The molecule has 0 unspecified atom stereocenters. The van der Waals surface area contributed by atoms with Crippen LogP contribution >= 0.6 is 0 Å². The van der Waals surface area contributed by atoms with Gasteiger partial charge in [-0.05, 0) is 67.8 Å². The highest BCUT2D eigenvalue weighted by Crippen LogP contribution is 2.28. The molecule has 152 valence electrons. The van der Waals surface area contributed by atoms with Crippen LogP contribution in [0.1, 0.15) is 30.7 Å². The number of benzene rings is 2. The summed E-state index contributed by atoms with van der Waals surface area (Å²) < 4.78 is 1.75. The van der Waals surface area contributed by atoms with Crippen molar-refractivity contribution in [2.24, 2.45) is 0 Å². The predicted octanol–water partition coefficient (Wildman–Crippen LogP) is 3.38. The van der Waals surface area contributed by atoms with E-state index in [4.69, 9.17) is 4.98 Å². The van der Waals surface area contributed by atoms with Gasteiger partial charge in [-0.3, -0.25) is 19.1 Å². The smallest absolute Gasteiger partial charge is 0.261 e. The maximum absolute atomic E-state index is 13.0. The zero-order valence-electron chi connectivity index (χ0n) is 16.8. The molecule has 2 aliphatic rings. The van der Waals surface area contributed by atoms with Crippen LogP contribution in [0.15, 0.2) is 53.3 Å². The molecule has 1 N–H and O–H groups in total. The number of carbonyl (C=O) groups excluding carboxylic acids is 1. The van der Waals surface area contributed by atoms with Crippen molar-refractivity contribution in [2.45, 2.75) is 25.8 Å². The molecule has 2 aliphatic heterocycles. The number of fused-ring (bicyclic) bond motifs is 2. The van der Waals surface area contributed by atoms with Crippen molar-refractivity contribution in [3.63, 3.8) is 0 Å². The minimum absolute atomic E-state index is 0.0265. The van der Waals surface area contributed by atoms with E-state index in [-0.39, 0.29) is 11.5 Å². The van der Waals surface area contributed by atoms with Crippen LogP contribution in [0.5, 0.6) is 0 Å². The van der Waals surface area contributed by atoms with Crippen LogP contribution in [0.25, 0.3) is 22.6 Å². The molecule has 1 saturated heterocycles. The normalized spacial score (nSPS) is 17.5. The Morgan fingerprint density at radius 1 is 1.07 bits per heavy atom. The molecule has 6 nitrogen and oxygen atoms in total. The van der Waals surface area contributed by atoms with Crippen molar-refractivity contribution in [1.29, 1.82) is 0 Å². The van der Waals surface area contributed by atoms with Crippen LogP contribution in [0.4, 0.5) is 5.69 Å². The summed E-state index contributed by atoms with van der Waals surface area (Å²) in [5.74, 6) is 0.690. The Bertz CT molecular complexity index is 1190. The highest BCUT2D eigenvalue weighted by Gasteiger charge is 2.21. The molecule has 5 rings (SSSR count). The fourth-order valence-electron chi connectivity index (χ4n) is 4.33. The average Bonchev–Trinajstić information content (AvgIpc) is 3.39. The average molecular weight is 400 g/mol. The standard InChI is InChI=1S/C24H24N4O2/c29-22(16-27-11-4-5-12-27)25-19-8-9-20-21(15-19)26-23-18(10-13-28(23)24(20)30)14-17-6-2-1-3-7-17/h1-3,6-9,14-15H,4-5,10-13,16H2,(H,25,29). The van der Waals surface area contributed by atoms with Gasteiger partial charge in [-0.2, -0.15) is 0 Å². The second kappa shape index (κ2) is 7.88. The van der Waals surface area contributed by atoms with Gasteiger partial charge in [-0.15, -0.1) is 0 Å². The molecule has 0 spiro atoms. The van der Waals surface area contributed by atoms with Gasteiger partial charge in [-0.25, -0.2) is 4.98 Å². The van der Waals surface area contributed by atoms with Crippen LogP contribution in [0.3, 0.4) is 0 Å². The number of nitrogens with zero attached hydrogens (tertiary/aromatic N) is 3. The SMILES string of the molecule is O=C(CN1CCCC1)Nc1ccc2c(=O)n3c(nc2c1)C(=Cc1ccccc1)CC3. The van der Waals surface area contributed by atoms with Gasteiger partial charge in [0.05, 0.1) is 17.4 Å². The monoisotopic (exact) mass is 400 g/mol. The van der Waals surface area contributed by atoms with Crippen molar-refractivity contribution in [3.05, 3.63) is 70.3 Å². The Hall–Kier alpha value is -3.25. The van der Waals surface area contributed by atoms with E-state index in [1.165, 1.54) is 0 Å². The number of likely N-dealkylation sites (tertiary alicyclic amines) is 1. The summed E-state index contributed by atoms with van der Waals surface area (Å²) in [6.45, 7) is 3.00. The number of hydrogen-bond donors (Lipinski definition) is 1. The first-order valence-corrected chi connectivity index (χ1v) is 10.5. The van der Waals surface area contributed by atoms with Crippen molar-refractivity contribution in [1.82, 2.24) is 14.5 Å². The number of nitrogens with one attached hydrogen (secondary N) is 1. The van der Waals surface area contributed by atoms with Crippen molar-refractivity contribution in [2.75, 3.05) is 25.0 Å². The Balaban J connectivity index is 1.46. The van der Waals surface area contributed by atoms with Gasteiger partial charge in [0.1, 0.15) is 5.82 Å². The lowest BCUT2D eigenvalue weighted by atomic mass is 10.1. The summed E-state index contributed by atoms with van der Waals surface area (Å²) in [6.07, 6.45) is 5.19. The van der Waals surface area contributed by atoms with E-state index >= 15 is 0 Å². The van der Waals surface area contributed by atoms with Crippen LogP contribution in [0.2, 0.25) is 0 Å². The molecular formula is C24H24N4O2. The summed E-state index contributed by atoms with van der Waals surface area (Å²) in [7, 11) is 0. The zero-order valence-corrected chi connectivity index (χ0v) is 16.8. The van der Waals surface area contributed by atoms with Crippen LogP contribution < -0.4 is 10.9 Å². The second-order valence-electron chi connectivity index (χ2n) is 7.99. The van der Waals surface area contributed by atoms with Crippen LogP contribution in [0, 0.1) is 0 Å². The van der Waals surface area contributed by atoms with E-state index in [0.29, 0.717) is 29.7 Å². The summed E-state index contributed by atoms with van der Waals surface area (Å²) in [4.78, 5) is 32.3. The van der Waals surface area contributed by atoms with Crippen LogP contribution in [-0.4, -0.2) is 40.0 Å². The number of carbonyl (C=O) groups is 1. The van der Waals surface area contributed by atoms with Crippen molar-refractivity contribution in [3.8, 4) is 0 Å². The molecule has 1 amide bonds. The summed E-state index contributed by atoms with van der Waals surface area (Å²) >= 11 is 0.